The zero-order valence-electron chi connectivity index (χ0n) is 8.08. The average Bonchev–Trinajstić information content (AvgIpc) is 2.18. The zero-order chi connectivity index (χ0) is 9.68. The van der Waals surface area contributed by atoms with Crippen molar-refractivity contribution < 1.29 is 9.53 Å². The van der Waals surface area contributed by atoms with E-state index in [0.717, 1.165) is 26.1 Å². The first kappa shape index (κ1) is 10.5. The summed E-state index contributed by atoms with van der Waals surface area (Å²) in [7, 11) is 0. The van der Waals surface area contributed by atoms with Crippen molar-refractivity contribution in [2.75, 3.05) is 19.8 Å². The molecule has 4 heteroatoms. The first-order valence-electron chi connectivity index (χ1n) is 4.82. The van der Waals surface area contributed by atoms with Crippen molar-refractivity contribution in [3.8, 4) is 0 Å². The number of rotatable bonds is 3. The highest BCUT2D eigenvalue weighted by Crippen LogP contribution is 2.06. The molecule has 0 bridgehead atoms. The van der Waals surface area contributed by atoms with Crippen LogP contribution in [0, 0.1) is 5.92 Å². The lowest BCUT2D eigenvalue weighted by Gasteiger charge is -2.24. The highest BCUT2D eigenvalue weighted by atomic mass is 16.5. The third-order valence-electron chi connectivity index (χ3n) is 2.37. The number of carbonyl (C=O) groups is 1. The van der Waals surface area contributed by atoms with Crippen molar-refractivity contribution >= 4 is 5.91 Å². The normalized spacial score (nSPS) is 21.1. The Kier molecular flexibility index (Phi) is 4.18. The first-order valence-corrected chi connectivity index (χ1v) is 4.82. The molecule has 1 unspecified atom stereocenters. The van der Waals surface area contributed by atoms with Crippen LogP contribution >= 0.6 is 0 Å². The molecule has 4 nitrogen and oxygen atoms in total. The topological polar surface area (TPSA) is 64.4 Å². The third-order valence-corrected chi connectivity index (χ3v) is 2.37. The number of ether oxygens (including phenoxy) is 1. The fourth-order valence-corrected chi connectivity index (χ4v) is 1.29. The van der Waals surface area contributed by atoms with Gasteiger partial charge in [-0.1, -0.05) is 6.92 Å². The van der Waals surface area contributed by atoms with E-state index in [1.807, 2.05) is 6.92 Å². The molecule has 1 fully saturated rings. The van der Waals surface area contributed by atoms with Gasteiger partial charge in [0.25, 0.3) is 0 Å². The van der Waals surface area contributed by atoms with Gasteiger partial charge in [0.15, 0.2) is 0 Å². The van der Waals surface area contributed by atoms with Gasteiger partial charge in [-0.3, -0.25) is 4.79 Å². The maximum Gasteiger partial charge on any atom is 0.224 e. The Balaban J connectivity index is 2.26. The molecule has 0 aromatic heterocycles. The van der Waals surface area contributed by atoms with Crippen molar-refractivity contribution in [3.63, 3.8) is 0 Å². The van der Waals surface area contributed by atoms with Crippen molar-refractivity contribution in [1.29, 1.82) is 0 Å². The highest BCUT2D eigenvalue weighted by molar-refractivity contribution is 5.78. The van der Waals surface area contributed by atoms with Gasteiger partial charge in [0, 0.05) is 31.7 Å². The van der Waals surface area contributed by atoms with E-state index in [0.29, 0.717) is 6.54 Å². The van der Waals surface area contributed by atoms with E-state index in [1.54, 1.807) is 0 Å². The van der Waals surface area contributed by atoms with Crippen LogP contribution in [0.5, 0.6) is 0 Å². The molecule has 0 radical (unpaired) electrons. The number of amides is 1. The summed E-state index contributed by atoms with van der Waals surface area (Å²) in [6, 6.07) is 0.287. The molecule has 0 saturated carbocycles. The fraction of sp³-hybridized carbons (Fsp3) is 0.889. The minimum Gasteiger partial charge on any atom is -0.381 e. The number of nitrogens with one attached hydrogen (secondary N) is 1. The molecule has 1 saturated heterocycles. The maximum absolute atomic E-state index is 11.4. The second-order valence-electron chi connectivity index (χ2n) is 3.53. The van der Waals surface area contributed by atoms with Crippen LogP contribution in [0.15, 0.2) is 0 Å². The van der Waals surface area contributed by atoms with Crippen LogP contribution in [0.2, 0.25) is 0 Å². The van der Waals surface area contributed by atoms with Crippen LogP contribution in [0.1, 0.15) is 19.8 Å². The minimum atomic E-state index is -0.0807. The summed E-state index contributed by atoms with van der Waals surface area (Å²) in [6.07, 6.45) is 1.84. The van der Waals surface area contributed by atoms with Crippen LogP contribution in [-0.2, 0) is 9.53 Å². The molecule has 13 heavy (non-hydrogen) atoms. The van der Waals surface area contributed by atoms with Gasteiger partial charge >= 0.3 is 0 Å². The van der Waals surface area contributed by atoms with E-state index in [9.17, 15) is 4.79 Å². The zero-order valence-corrected chi connectivity index (χ0v) is 8.08. The van der Waals surface area contributed by atoms with Crippen LogP contribution < -0.4 is 11.1 Å². The van der Waals surface area contributed by atoms with E-state index in [1.165, 1.54) is 0 Å². The number of carbonyl (C=O) groups excluding carboxylic acids is 1. The van der Waals surface area contributed by atoms with Crippen LogP contribution in [-0.4, -0.2) is 31.7 Å². The maximum atomic E-state index is 11.4. The molecule has 0 aromatic rings. The number of hydrogen-bond acceptors (Lipinski definition) is 3. The van der Waals surface area contributed by atoms with Gasteiger partial charge in [0.05, 0.1) is 0 Å². The lowest BCUT2D eigenvalue weighted by atomic mass is 10.1. The molecule has 0 spiro atoms. The molecular weight excluding hydrogens is 168 g/mol. The van der Waals surface area contributed by atoms with E-state index in [-0.39, 0.29) is 17.9 Å². The first-order chi connectivity index (χ1) is 6.24. The molecule has 1 aliphatic rings. The standard InChI is InChI=1S/C9H18N2O2/c1-7(6-10)9(12)11-8-2-4-13-5-3-8/h7-8H,2-6,10H2,1H3,(H,11,12). The van der Waals surface area contributed by atoms with Gasteiger partial charge in [-0.15, -0.1) is 0 Å². The Morgan fingerprint density at radius 3 is 2.77 bits per heavy atom. The molecule has 0 aromatic carbocycles. The molecule has 1 heterocycles. The van der Waals surface area contributed by atoms with Crippen LogP contribution in [0.3, 0.4) is 0 Å². The van der Waals surface area contributed by atoms with Gasteiger partial charge in [0.2, 0.25) is 5.91 Å². The third kappa shape index (κ3) is 3.32. The number of nitrogens with two attached hydrogens (primary N) is 1. The van der Waals surface area contributed by atoms with Crippen molar-refractivity contribution in [1.82, 2.24) is 5.32 Å². The molecule has 0 aliphatic carbocycles. The Labute approximate surface area is 78.8 Å². The lowest BCUT2D eigenvalue weighted by molar-refractivity contribution is -0.125. The molecule has 1 amide bonds. The fourth-order valence-electron chi connectivity index (χ4n) is 1.29. The molecule has 1 atom stereocenters. The Hall–Kier alpha value is -0.610. The molecule has 76 valence electrons. The predicted octanol–water partition coefficient (Wildman–Crippen LogP) is -0.124. The minimum absolute atomic E-state index is 0.0643. The van der Waals surface area contributed by atoms with Crippen LogP contribution in [0.25, 0.3) is 0 Å². The summed E-state index contributed by atoms with van der Waals surface area (Å²) in [4.78, 5) is 11.4. The lowest BCUT2D eigenvalue weighted by Crippen LogP contribution is -2.42. The van der Waals surface area contributed by atoms with Gasteiger partial charge in [-0.2, -0.15) is 0 Å². The predicted molar refractivity (Wildman–Crippen MR) is 50.2 cm³/mol. The molecule has 1 rings (SSSR count). The molecule has 3 N–H and O–H groups in total. The van der Waals surface area contributed by atoms with E-state index >= 15 is 0 Å². The van der Waals surface area contributed by atoms with Gasteiger partial charge in [-0.05, 0) is 12.8 Å². The average molecular weight is 186 g/mol. The Morgan fingerprint density at radius 2 is 2.23 bits per heavy atom. The smallest absolute Gasteiger partial charge is 0.224 e. The van der Waals surface area contributed by atoms with E-state index in [4.69, 9.17) is 10.5 Å². The Bertz CT molecular complexity index is 167. The van der Waals surface area contributed by atoms with Gasteiger partial charge in [0.1, 0.15) is 0 Å². The van der Waals surface area contributed by atoms with Gasteiger partial charge < -0.3 is 15.8 Å². The quantitative estimate of drug-likeness (QED) is 0.645. The summed E-state index contributed by atoms with van der Waals surface area (Å²) >= 11 is 0. The summed E-state index contributed by atoms with van der Waals surface area (Å²) < 4.78 is 5.19. The summed E-state index contributed by atoms with van der Waals surface area (Å²) in [5.41, 5.74) is 5.39. The van der Waals surface area contributed by atoms with Crippen molar-refractivity contribution in [3.05, 3.63) is 0 Å². The van der Waals surface area contributed by atoms with E-state index < -0.39 is 0 Å². The summed E-state index contributed by atoms with van der Waals surface area (Å²) in [6.45, 7) is 3.76. The second kappa shape index (κ2) is 5.19. The molecular formula is C9H18N2O2. The number of hydrogen-bond donors (Lipinski definition) is 2. The summed E-state index contributed by atoms with van der Waals surface area (Å²) in [5, 5.41) is 2.97. The monoisotopic (exact) mass is 186 g/mol. The van der Waals surface area contributed by atoms with E-state index in [2.05, 4.69) is 5.32 Å². The SMILES string of the molecule is CC(CN)C(=O)NC1CCOCC1. The van der Waals surface area contributed by atoms with Crippen molar-refractivity contribution in [2.45, 2.75) is 25.8 Å². The van der Waals surface area contributed by atoms with Crippen molar-refractivity contribution in [2.24, 2.45) is 11.7 Å². The van der Waals surface area contributed by atoms with Gasteiger partial charge in [-0.25, -0.2) is 0 Å². The molecule has 1 aliphatic heterocycles. The second-order valence-corrected chi connectivity index (χ2v) is 3.53. The summed E-state index contributed by atoms with van der Waals surface area (Å²) in [5.74, 6) is -0.0164. The Morgan fingerprint density at radius 1 is 1.62 bits per heavy atom. The highest BCUT2D eigenvalue weighted by Gasteiger charge is 2.18. The van der Waals surface area contributed by atoms with Crippen LogP contribution in [0.4, 0.5) is 0 Å². The largest absolute Gasteiger partial charge is 0.381 e.